The van der Waals surface area contributed by atoms with Crippen LogP contribution in [0, 0.1) is 0 Å². The highest BCUT2D eigenvalue weighted by Crippen LogP contribution is 2.41. The Bertz CT molecular complexity index is 709. The molecule has 4 rings (SSSR count). The number of nitrogens with zero attached hydrogens (tertiary/aromatic N) is 2. The normalized spacial score (nSPS) is 27.7. The zero-order chi connectivity index (χ0) is 18.3. The van der Waals surface area contributed by atoms with Crippen LogP contribution in [0.15, 0.2) is 24.3 Å². The first-order valence-electron chi connectivity index (χ1n) is 9.74. The Hall–Kier alpha value is -1.88. The van der Waals surface area contributed by atoms with Gasteiger partial charge in [0.25, 0.3) is 0 Å². The van der Waals surface area contributed by atoms with E-state index in [1.165, 1.54) is 11.1 Å². The maximum atomic E-state index is 12.8. The first kappa shape index (κ1) is 17.5. The number of ether oxygens (including phenoxy) is 1. The molecule has 2 atom stereocenters. The molecule has 2 fully saturated rings. The monoisotopic (exact) mass is 356 g/mol. The van der Waals surface area contributed by atoms with Crippen LogP contribution < -0.4 is 0 Å². The molecule has 140 valence electrons. The minimum atomic E-state index is -0.0646. The molecule has 1 aromatic rings. The van der Waals surface area contributed by atoms with Crippen LogP contribution in [-0.2, 0) is 19.7 Å². The Morgan fingerprint density at radius 3 is 2.85 bits per heavy atom. The third-order valence-electron chi connectivity index (χ3n) is 6.06. The van der Waals surface area contributed by atoms with Crippen molar-refractivity contribution in [2.45, 2.75) is 57.1 Å². The number of carbonyl (C=O) groups excluding carboxylic acids is 2. The van der Waals surface area contributed by atoms with Crippen LogP contribution in [0.5, 0.6) is 0 Å². The van der Waals surface area contributed by atoms with Gasteiger partial charge in [0.05, 0.1) is 25.1 Å². The smallest absolute Gasteiger partial charge is 0.242 e. The molecule has 1 aromatic carbocycles. The Labute approximate surface area is 155 Å². The molecule has 0 aliphatic carbocycles. The van der Waals surface area contributed by atoms with Crippen LogP contribution in [-0.4, -0.2) is 54.0 Å². The van der Waals surface area contributed by atoms with Gasteiger partial charge in [-0.1, -0.05) is 38.1 Å². The zero-order valence-electron chi connectivity index (χ0n) is 15.7. The highest BCUT2D eigenvalue weighted by Gasteiger charge is 2.44. The average molecular weight is 356 g/mol. The van der Waals surface area contributed by atoms with Gasteiger partial charge in [-0.05, 0) is 30.4 Å². The van der Waals surface area contributed by atoms with Crippen molar-refractivity contribution in [3.05, 3.63) is 35.4 Å². The number of hydrogen-bond acceptors (Lipinski definition) is 3. The second kappa shape index (κ2) is 6.69. The van der Waals surface area contributed by atoms with Crippen molar-refractivity contribution in [2.24, 2.45) is 0 Å². The molecule has 0 radical (unpaired) electrons. The van der Waals surface area contributed by atoms with Crippen LogP contribution in [0.25, 0.3) is 0 Å². The largest absolute Gasteiger partial charge is 0.378 e. The van der Waals surface area contributed by atoms with E-state index < -0.39 is 0 Å². The molecule has 0 saturated carbocycles. The molecular weight excluding hydrogens is 328 g/mol. The van der Waals surface area contributed by atoms with E-state index in [-0.39, 0.29) is 35.9 Å². The van der Waals surface area contributed by atoms with Crippen molar-refractivity contribution in [1.29, 1.82) is 0 Å². The van der Waals surface area contributed by atoms with Gasteiger partial charge in [0, 0.05) is 25.1 Å². The fourth-order valence-corrected chi connectivity index (χ4v) is 4.66. The van der Waals surface area contributed by atoms with Crippen LogP contribution >= 0.6 is 0 Å². The molecule has 3 aliphatic rings. The van der Waals surface area contributed by atoms with Crippen molar-refractivity contribution >= 4 is 11.8 Å². The zero-order valence-corrected chi connectivity index (χ0v) is 15.7. The quantitative estimate of drug-likeness (QED) is 0.819. The molecule has 5 heteroatoms. The van der Waals surface area contributed by atoms with E-state index in [1.807, 2.05) is 11.0 Å². The van der Waals surface area contributed by atoms with Gasteiger partial charge in [0.2, 0.25) is 11.8 Å². The van der Waals surface area contributed by atoms with E-state index in [1.54, 1.807) is 4.90 Å². The van der Waals surface area contributed by atoms with E-state index in [9.17, 15) is 9.59 Å². The van der Waals surface area contributed by atoms with Crippen LogP contribution in [0.4, 0.5) is 0 Å². The summed E-state index contributed by atoms with van der Waals surface area (Å²) in [6.45, 7) is 6.61. The highest BCUT2D eigenvalue weighted by atomic mass is 16.5. The number of amides is 2. The fourth-order valence-electron chi connectivity index (χ4n) is 4.66. The summed E-state index contributed by atoms with van der Waals surface area (Å²) in [6.07, 6.45) is 3.56. The topological polar surface area (TPSA) is 49.9 Å². The predicted octanol–water partition coefficient (Wildman–Crippen LogP) is 2.65. The third-order valence-corrected chi connectivity index (χ3v) is 6.06. The van der Waals surface area contributed by atoms with Crippen LogP contribution in [0.1, 0.15) is 56.7 Å². The summed E-state index contributed by atoms with van der Waals surface area (Å²) >= 11 is 0. The first-order chi connectivity index (χ1) is 12.5. The molecule has 0 spiro atoms. The third kappa shape index (κ3) is 3.13. The molecule has 5 nitrogen and oxygen atoms in total. The van der Waals surface area contributed by atoms with Gasteiger partial charge >= 0.3 is 0 Å². The van der Waals surface area contributed by atoms with Gasteiger partial charge in [-0.25, -0.2) is 0 Å². The van der Waals surface area contributed by atoms with Gasteiger partial charge in [0.1, 0.15) is 0 Å². The number of rotatable bonds is 2. The Morgan fingerprint density at radius 1 is 1.27 bits per heavy atom. The Balaban J connectivity index is 1.55. The first-order valence-corrected chi connectivity index (χ1v) is 9.74. The summed E-state index contributed by atoms with van der Waals surface area (Å²) in [6, 6.07) is 8.33. The van der Waals surface area contributed by atoms with Gasteiger partial charge in [-0.15, -0.1) is 0 Å². The fraction of sp³-hybridized carbons (Fsp3) is 0.619. The molecule has 0 bridgehead atoms. The van der Waals surface area contributed by atoms with Crippen molar-refractivity contribution in [3.63, 3.8) is 0 Å². The minimum Gasteiger partial charge on any atom is -0.378 e. The Kier molecular flexibility index (Phi) is 4.51. The molecule has 0 N–H and O–H groups in total. The SMILES string of the molecule is CC1(C)CN2C(=O)CN(C(=O)CC3CCCCO3)CC2c2ccccc21. The lowest BCUT2D eigenvalue weighted by molar-refractivity contribution is -0.152. The summed E-state index contributed by atoms with van der Waals surface area (Å²) in [5, 5.41) is 0. The van der Waals surface area contributed by atoms with E-state index in [0.29, 0.717) is 19.5 Å². The van der Waals surface area contributed by atoms with Gasteiger partial charge < -0.3 is 14.5 Å². The molecule has 2 unspecified atom stereocenters. The molecule has 3 heterocycles. The Morgan fingerprint density at radius 2 is 2.08 bits per heavy atom. The maximum Gasteiger partial charge on any atom is 0.242 e. The summed E-state index contributed by atoms with van der Waals surface area (Å²) < 4.78 is 5.71. The van der Waals surface area contributed by atoms with E-state index >= 15 is 0 Å². The summed E-state index contributed by atoms with van der Waals surface area (Å²) in [5.74, 6) is 0.106. The predicted molar refractivity (Wildman–Crippen MR) is 98.7 cm³/mol. The minimum absolute atomic E-state index is 0.0157. The number of benzene rings is 1. The summed E-state index contributed by atoms with van der Waals surface area (Å²) in [7, 11) is 0. The van der Waals surface area contributed by atoms with Crippen molar-refractivity contribution in [3.8, 4) is 0 Å². The second-order valence-corrected chi connectivity index (χ2v) is 8.48. The van der Waals surface area contributed by atoms with Crippen LogP contribution in [0.3, 0.4) is 0 Å². The number of carbonyl (C=O) groups is 2. The van der Waals surface area contributed by atoms with Crippen molar-refractivity contribution < 1.29 is 14.3 Å². The number of hydrogen-bond donors (Lipinski definition) is 0. The summed E-state index contributed by atoms with van der Waals surface area (Å²) in [4.78, 5) is 29.4. The van der Waals surface area contributed by atoms with Crippen LogP contribution in [0.2, 0.25) is 0 Å². The second-order valence-electron chi connectivity index (χ2n) is 8.48. The molecular formula is C21H28N2O3. The number of fused-ring (bicyclic) bond motifs is 3. The summed E-state index contributed by atoms with van der Waals surface area (Å²) in [5.41, 5.74) is 2.41. The molecule has 3 aliphatic heterocycles. The molecule has 2 amide bonds. The van der Waals surface area contributed by atoms with Gasteiger partial charge in [-0.3, -0.25) is 9.59 Å². The van der Waals surface area contributed by atoms with Gasteiger partial charge in [-0.2, -0.15) is 0 Å². The lowest BCUT2D eigenvalue weighted by atomic mass is 9.75. The molecule has 26 heavy (non-hydrogen) atoms. The number of piperazine rings is 1. The molecule has 2 saturated heterocycles. The highest BCUT2D eigenvalue weighted by molar-refractivity contribution is 5.87. The van der Waals surface area contributed by atoms with E-state index in [0.717, 1.165) is 25.9 Å². The average Bonchev–Trinajstić information content (AvgIpc) is 2.63. The van der Waals surface area contributed by atoms with Gasteiger partial charge in [0.15, 0.2) is 0 Å². The van der Waals surface area contributed by atoms with E-state index in [4.69, 9.17) is 4.74 Å². The lowest BCUT2D eigenvalue weighted by Gasteiger charge is -2.49. The van der Waals surface area contributed by atoms with Crippen molar-refractivity contribution in [2.75, 3.05) is 26.2 Å². The molecule has 0 aromatic heterocycles. The maximum absolute atomic E-state index is 12.8. The standard InChI is InChI=1S/C21H28N2O3/c1-21(2)14-23-18(16-8-3-4-9-17(16)21)12-22(13-20(23)25)19(24)11-15-7-5-6-10-26-15/h3-4,8-9,15,18H,5-7,10-14H2,1-2H3. The van der Waals surface area contributed by atoms with E-state index in [2.05, 4.69) is 32.0 Å². The van der Waals surface area contributed by atoms with Crippen molar-refractivity contribution in [1.82, 2.24) is 9.80 Å². The lowest BCUT2D eigenvalue weighted by Crippen LogP contribution is -2.59.